The zero-order chi connectivity index (χ0) is 64.9. The lowest BCUT2D eigenvalue weighted by Gasteiger charge is -2.25. The molecular weight excluding hydrogens is 1230 g/mol. The summed E-state index contributed by atoms with van der Waals surface area (Å²) in [7, 11) is -21.5. The number of ether oxygens (including phenoxy) is 2. The van der Waals surface area contributed by atoms with Crippen molar-refractivity contribution in [1.29, 1.82) is 0 Å². The van der Waals surface area contributed by atoms with Crippen LogP contribution in [0.3, 0.4) is 0 Å². The Balaban J connectivity index is 0.934. The van der Waals surface area contributed by atoms with Crippen LogP contribution >= 0.6 is 23.5 Å². The van der Waals surface area contributed by atoms with Crippen LogP contribution in [-0.2, 0) is 68.7 Å². The van der Waals surface area contributed by atoms with E-state index >= 15 is 0 Å². The van der Waals surface area contributed by atoms with Crippen LogP contribution in [0.25, 0.3) is 0 Å². The Hall–Kier alpha value is -6.14. The number of nitro groups is 1. The van der Waals surface area contributed by atoms with E-state index in [2.05, 4.69) is 91.4 Å². The minimum absolute atomic E-state index is 0.00778. The molecule has 3 aliphatic heterocycles. The third-order valence-electron chi connectivity index (χ3n) is 15.3. The van der Waals surface area contributed by atoms with Gasteiger partial charge in [0.2, 0.25) is 5.69 Å². The summed E-state index contributed by atoms with van der Waals surface area (Å²) in [5, 5.41) is 23.1. The van der Waals surface area contributed by atoms with Gasteiger partial charge >= 0.3 is 29.2 Å². The van der Waals surface area contributed by atoms with E-state index in [9.17, 15) is 61.3 Å². The molecule has 4 heterocycles. The number of phosphoric ester groups is 1. The Labute approximate surface area is 509 Å². The van der Waals surface area contributed by atoms with Gasteiger partial charge < -0.3 is 44.8 Å². The zero-order valence-corrected chi connectivity index (χ0v) is 53.3. The van der Waals surface area contributed by atoms with Gasteiger partial charge in [-0.1, -0.05) is 75.5 Å². The van der Waals surface area contributed by atoms with Crippen molar-refractivity contribution in [2.75, 3.05) is 30.3 Å². The van der Waals surface area contributed by atoms with E-state index in [0.29, 0.717) is 24.9 Å². The number of likely N-dealkylation sites (N-methyl/N-ethyl adjacent to an activating group) is 1. The predicted molar refractivity (Wildman–Crippen MR) is 325 cm³/mol. The number of hydrogen-bond donors (Lipinski definition) is 7. The Kier molecular flexibility index (Phi) is 22.0. The molecule has 476 valence electrons. The molecule has 0 saturated carbocycles. The van der Waals surface area contributed by atoms with Crippen LogP contribution in [0.1, 0.15) is 139 Å². The first kappa shape index (κ1) is 69.3. The third-order valence-corrected chi connectivity index (χ3v) is 20.0. The summed E-state index contributed by atoms with van der Waals surface area (Å²) in [6.07, 6.45) is 8.70. The van der Waals surface area contributed by atoms with E-state index in [4.69, 9.17) is 25.0 Å². The van der Waals surface area contributed by atoms with Crippen molar-refractivity contribution in [3.8, 4) is 11.8 Å². The largest absolute Gasteiger partial charge is 0.490 e. The quantitative estimate of drug-likeness (QED) is 0.00427. The fourth-order valence-corrected chi connectivity index (χ4v) is 14.5. The number of hydrogen-bond acceptors (Lipinski definition) is 18. The Morgan fingerprint density at radius 2 is 1.69 bits per heavy atom. The first-order valence-corrected chi connectivity index (χ1v) is 34.1. The Morgan fingerprint density at radius 1 is 0.966 bits per heavy atom. The average molecular weight is 1300 g/mol. The minimum atomic E-state index is -5.82. The number of nitro benzene ring substituents is 1. The molecule has 6 atom stereocenters. The number of nitrogens with zero attached hydrogens (tertiary/aromatic N) is 5. The molecule has 0 bridgehead atoms. The van der Waals surface area contributed by atoms with Crippen molar-refractivity contribution in [3.63, 3.8) is 0 Å². The van der Waals surface area contributed by atoms with Crippen molar-refractivity contribution in [2.24, 2.45) is 5.92 Å². The molecule has 8 N–H and O–H groups in total. The normalized spacial score (nSPS) is 20.3. The summed E-state index contributed by atoms with van der Waals surface area (Å²) < 4.78 is 96.2. The molecule has 1 aromatic heterocycles. The zero-order valence-electron chi connectivity index (χ0n) is 49.8. The number of aliphatic hydroxyl groups excluding tert-OH is 1. The number of nitrogen functional groups attached to an aromatic ring is 1. The second-order valence-electron chi connectivity index (χ2n) is 22.8. The van der Waals surface area contributed by atoms with Gasteiger partial charge in [-0.25, -0.2) is 18.5 Å². The molecule has 0 aliphatic carbocycles. The second kappa shape index (κ2) is 27.9. The molecule has 3 aliphatic rings. The molecule has 0 amide bonds. The lowest BCUT2D eigenvalue weighted by molar-refractivity contribution is -0.438. The Morgan fingerprint density at radius 3 is 2.36 bits per heavy atom. The van der Waals surface area contributed by atoms with Crippen LogP contribution in [0.15, 0.2) is 107 Å². The maximum Gasteiger partial charge on any atom is 0.490 e. The highest BCUT2D eigenvalue weighted by Crippen LogP contribution is 2.66. The van der Waals surface area contributed by atoms with Crippen LogP contribution in [0.2, 0.25) is 0 Å². The fraction of sp³-hybridized carbons (Fsp3) is 0.448. The maximum atomic E-state index is 13.1. The van der Waals surface area contributed by atoms with Gasteiger partial charge in [0, 0.05) is 96.5 Å². The van der Waals surface area contributed by atoms with Gasteiger partial charge in [-0.3, -0.25) is 28.6 Å². The molecule has 7 rings (SSSR count). The SMILES string of the molecule is CCN1C(=CC=CC=CC2=[N+](CCCCCC(=O)CCC#Cc3ccc([C@H](OCc4cn([C@H]5CC(O)[C@@H](COP(=O)(O)OP(=O)(O)OP(=O)(O)O)O5)c(=O)nc4N)C(C)C)c([N+](=O)[O-])c3)c3ccc(S(=O)(=O)O)cc3C2(C)C)C(C)(C)c2cc(C)ccc21. The second-order valence-corrected chi connectivity index (χ2v) is 28.7. The minimum Gasteiger partial charge on any atom is -0.390 e. The summed E-state index contributed by atoms with van der Waals surface area (Å²) in [6, 6.07) is 15.6. The van der Waals surface area contributed by atoms with Crippen molar-refractivity contribution >= 4 is 68.0 Å². The number of Topliss-reactive ketones (excluding diaryl/α,β-unsaturated/α-hetero) is 1. The number of anilines is 2. The number of phosphoric acid groups is 3. The molecule has 3 aromatic carbocycles. The number of unbranched alkanes of at least 4 members (excludes halogenated alkanes) is 2. The highest BCUT2D eigenvalue weighted by molar-refractivity contribution is 7.85. The van der Waals surface area contributed by atoms with E-state index in [0.717, 1.165) is 40.9 Å². The summed E-state index contributed by atoms with van der Waals surface area (Å²) in [5.74, 6) is 5.26. The standard InChI is InChI=1S/C58H73N6O20P3S/c1-9-61-46-27-23-38(4)30-44(46)57(5,6)51(61)21-13-10-14-22-52-58(7,8)45-32-42(88(77,78)79)25-28-47(45)62(52)29-17-11-12-19-41(65)20-16-15-18-39-24-26-43(48(31-39)64(68)69)54(37(2)3)80-35-40-34-63(56(67)60-55(40)59)53-33-49(66)50(82-53)36-81-86(73,74)84-87(75,76)83-85(70,71)72/h10,13-14,21-28,30-32,34,37,49-50,53-54,66H,9,11-12,16-17,19-20,29,33,35-36H2,1-8H3,(H6-,59,60,67,70,71,72,73,74,75,76,77,78,79)/p+1/t49?,50-,53-,54-/m1/s1. The van der Waals surface area contributed by atoms with E-state index in [1.165, 1.54) is 53.0 Å². The number of nitrogens with two attached hydrogens (primary N) is 1. The van der Waals surface area contributed by atoms with E-state index in [-0.39, 0.29) is 70.5 Å². The first-order chi connectivity index (χ1) is 41.0. The van der Waals surface area contributed by atoms with Gasteiger partial charge in [0.25, 0.3) is 15.8 Å². The fourth-order valence-electron chi connectivity index (χ4n) is 11.0. The molecule has 0 radical (unpaired) electrons. The van der Waals surface area contributed by atoms with E-state index in [1.807, 2.05) is 38.2 Å². The number of aromatic nitrogens is 2. The number of ketones is 1. The number of aliphatic hydroxyl groups is 1. The van der Waals surface area contributed by atoms with Crippen LogP contribution in [0.4, 0.5) is 22.9 Å². The summed E-state index contributed by atoms with van der Waals surface area (Å²) in [6.45, 7) is 16.4. The monoisotopic (exact) mass is 1300 g/mol. The number of aryl methyl sites for hydroxylation is 1. The molecule has 3 unspecified atom stereocenters. The summed E-state index contributed by atoms with van der Waals surface area (Å²) in [5.41, 5.74) is 12.1. The lowest BCUT2D eigenvalue weighted by Crippen LogP contribution is -2.29. The number of carbonyl (C=O) groups is 1. The molecule has 1 saturated heterocycles. The number of fused-ring (bicyclic) bond motifs is 2. The van der Waals surface area contributed by atoms with Crippen LogP contribution < -0.4 is 16.3 Å². The Bertz CT molecular complexity index is 3860. The van der Waals surface area contributed by atoms with Gasteiger partial charge in [-0.2, -0.15) is 26.6 Å². The van der Waals surface area contributed by atoms with Crippen LogP contribution in [0, 0.1) is 34.8 Å². The van der Waals surface area contributed by atoms with Crippen molar-refractivity contribution in [2.45, 2.75) is 147 Å². The van der Waals surface area contributed by atoms with Crippen molar-refractivity contribution in [1.82, 2.24) is 9.55 Å². The van der Waals surface area contributed by atoms with E-state index < -0.39 is 80.8 Å². The maximum absolute atomic E-state index is 13.1. The van der Waals surface area contributed by atoms with Gasteiger partial charge in [0.1, 0.15) is 30.5 Å². The molecule has 4 aromatic rings. The van der Waals surface area contributed by atoms with Crippen LogP contribution in [-0.4, -0.2) is 100 Å². The smallest absolute Gasteiger partial charge is 0.390 e. The third kappa shape index (κ3) is 17.0. The summed E-state index contributed by atoms with van der Waals surface area (Å²) >= 11 is 0. The molecule has 88 heavy (non-hydrogen) atoms. The van der Waals surface area contributed by atoms with Gasteiger partial charge in [-0.15, -0.1) is 0 Å². The highest BCUT2D eigenvalue weighted by atomic mass is 32.2. The predicted octanol–water partition coefficient (Wildman–Crippen LogP) is 9.35. The highest BCUT2D eigenvalue weighted by Gasteiger charge is 2.46. The molecule has 30 heteroatoms. The van der Waals surface area contributed by atoms with Gasteiger partial charge in [0.15, 0.2) is 5.71 Å². The lowest BCUT2D eigenvalue weighted by atomic mass is 9.81. The number of allylic oxidation sites excluding steroid dienone is 6. The molecular formula is C58H74N6O20P3S+. The average Bonchev–Trinajstić information content (AvgIpc) is 1.79. The topological polar surface area (TPSA) is 380 Å². The molecule has 1 fully saturated rings. The number of rotatable bonds is 27. The van der Waals surface area contributed by atoms with Gasteiger partial charge in [-0.05, 0) is 88.4 Å². The van der Waals surface area contributed by atoms with Crippen LogP contribution in [0.5, 0.6) is 0 Å². The van der Waals surface area contributed by atoms with Gasteiger partial charge in [0.05, 0.1) is 46.2 Å². The number of carbonyl (C=O) groups excluding carboxylic acids is 1. The van der Waals surface area contributed by atoms with Crippen molar-refractivity contribution < 1.29 is 88.3 Å². The first-order valence-electron chi connectivity index (χ1n) is 28.1. The summed E-state index contributed by atoms with van der Waals surface area (Å²) in [4.78, 5) is 80.7. The van der Waals surface area contributed by atoms with Crippen molar-refractivity contribution in [3.05, 3.63) is 151 Å². The van der Waals surface area contributed by atoms with E-state index in [1.54, 1.807) is 26.0 Å². The number of benzene rings is 3. The molecule has 0 spiro atoms. The molecule has 26 nitrogen and oxygen atoms in total.